The number of aromatic nitrogens is 4. The predicted molar refractivity (Wildman–Crippen MR) is 128 cm³/mol. The molecule has 0 radical (unpaired) electrons. The maximum atomic E-state index is 13.3. The Morgan fingerprint density at radius 2 is 1.92 bits per heavy atom. The Labute approximate surface area is 213 Å². The Morgan fingerprint density at radius 1 is 1.22 bits per heavy atom. The van der Waals surface area contributed by atoms with E-state index < -0.39 is 36.8 Å². The highest BCUT2D eigenvalue weighted by molar-refractivity contribution is 7.48. The van der Waals surface area contributed by atoms with Crippen molar-refractivity contribution in [2.24, 2.45) is 11.3 Å². The zero-order valence-electron chi connectivity index (χ0n) is 21.0. The molecule has 36 heavy (non-hydrogen) atoms. The van der Waals surface area contributed by atoms with E-state index in [0.29, 0.717) is 17.8 Å². The number of fused-ring (bicyclic) bond motifs is 2. The number of phosphoric ester groups is 1. The molecular formula is C22H31ClN5O7P. The van der Waals surface area contributed by atoms with E-state index in [9.17, 15) is 4.57 Å². The van der Waals surface area contributed by atoms with Gasteiger partial charge in [0.15, 0.2) is 17.3 Å². The molecule has 2 aromatic heterocycles. The molecule has 2 bridgehead atoms. The zero-order valence-corrected chi connectivity index (χ0v) is 22.7. The summed E-state index contributed by atoms with van der Waals surface area (Å²) in [6.45, 7) is 11.2. The second kappa shape index (κ2) is 7.83. The molecule has 6 atom stereocenters. The minimum Gasteiger partial charge on any atom is -0.382 e. The molecule has 198 valence electrons. The molecular weight excluding hydrogens is 513 g/mol. The fraction of sp³-hybridized carbons (Fsp3) is 0.773. The SMILES string of the molecule is CC(C)OP(=O)(OC[C@H]1OC2[C@@H]3C4(COC(C)(C)OC14)C23n1cnc2c(N)nc(Cl)nc21)OC(C)C. The molecule has 14 heteroatoms. The van der Waals surface area contributed by atoms with Crippen LogP contribution in [-0.2, 0) is 37.9 Å². The highest BCUT2D eigenvalue weighted by Crippen LogP contribution is 2.91. The molecule has 2 saturated carbocycles. The van der Waals surface area contributed by atoms with Crippen LogP contribution in [0.25, 0.3) is 11.2 Å². The number of rotatable bonds is 8. The number of imidazole rings is 1. The van der Waals surface area contributed by atoms with Gasteiger partial charge in [-0.1, -0.05) is 0 Å². The number of phosphoric acid groups is 1. The molecule has 7 rings (SSSR count). The van der Waals surface area contributed by atoms with Crippen molar-refractivity contribution >= 4 is 36.4 Å². The first-order valence-corrected chi connectivity index (χ1v) is 13.9. The van der Waals surface area contributed by atoms with Crippen molar-refractivity contribution in [2.75, 3.05) is 18.9 Å². The van der Waals surface area contributed by atoms with Crippen LogP contribution >= 0.6 is 19.4 Å². The van der Waals surface area contributed by atoms with Crippen molar-refractivity contribution in [1.82, 2.24) is 19.5 Å². The molecule has 3 saturated heterocycles. The molecule has 2 aromatic rings. The third-order valence-corrected chi connectivity index (χ3v) is 9.42. The summed E-state index contributed by atoms with van der Waals surface area (Å²) in [4.78, 5) is 12.9. The largest absolute Gasteiger partial charge is 0.475 e. The molecule has 2 N–H and O–H groups in total. The van der Waals surface area contributed by atoms with Crippen LogP contribution in [0.15, 0.2) is 6.33 Å². The van der Waals surface area contributed by atoms with Crippen molar-refractivity contribution in [1.29, 1.82) is 0 Å². The van der Waals surface area contributed by atoms with Gasteiger partial charge in [-0.3, -0.25) is 13.6 Å². The minimum atomic E-state index is -3.81. The molecule has 4 unspecified atom stereocenters. The molecule has 5 fully saturated rings. The molecule has 3 aliphatic heterocycles. The fourth-order valence-electron chi connectivity index (χ4n) is 6.23. The highest BCUT2D eigenvalue weighted by Gasteiger charge is 3.03. The van der Waals surface area contributed by atoms with Crippen molar-refractivity contribution in [3.63, 3.8) is 0 Å². The van der Waals surface area contributed by atoms with Gasteiger partial charge < -0.3 is 24.5 Å². The van der Waals surface area contributed by atoms with Crippen LogP contribution in [0.4, 0.5) is 5.82 Å². The third kappa shape index (κ3) is 3.36. The maximum Gasteiger partial charge on any atom is 0.475 e. The molecule has 2 aliphatic carbocycles. The van der Waals surface area contributed by atoms with Crippen molar-refractivity contribution in [2.45, 2.75) is 83.4 Å². The molecule has 0 amide bonds. The summed E-state index contributed by atoms with van der Waals surface area (Å²) in [5, 5.41) is 0.0470. The van der Waals surface area contributed by atoms with E-state index in [2.05, 4.69) is 15.0 Å². The lowest BCUT2D eigenvalue weighted by Gasteiger charge is -2.53. The number of nitrogen functional groups attached to an aromatic ring is 1. The van der Waals surface area contributed by atoms with Gasteiger partial charge in [0, 0.05) is 5.92 Å². The van der Waals surface area contributed by atoms with E-state index in [1.807, 2.05) is 18.4 Å². The van der Waals surface area contributed by atoms with E-state index in [1.54, 1.807) is 34.0 Å². The second-order valence-electron chi connectivity index (χ2n) is 10.9. The Bertz CT molecular complexity index is 1260. The number of nitrogens with two attached hydrogens (primary N) is 1. The summed E-state index contributed by atoms with van der Waals surface area (Å²) >= 11 is 6.12. The van der Waals surface area contributed by atoms with Gasteiger partial charge in [-0.25, -0.2) is 9.55 Å². The van der Waals surface area contributed by atoms with E-state index >= 15 is 0 Å². The molecule has 1 spiro atoms. The zero-order chi connectivity index (χ0) is 25.8. The maximum absolute atomic E-state index is 13.3. The van der Waals surface area contributed by atoms with Gasteiger partial charge in [0.25, 0.3) is 0 Å². The second-order valence-corrected chi connectivity index (χ2v) is 12.8. The summed E-state index contributed by atoms with van der Waals surface area (Å²) in [6.07, 6.45) is -0.0597. The first kappa shape index (κ1) is 24.9. The molecule has 5 aliphatic rings. The average Bonchev–Trinajstić information content (AvgIpc) is 3.53. The summed E-state index contributed by atoms with van der Waals surface area (Å²) in [7, 11) is -3.81. The van der Waals surface area contributed by atoms with E-state index in [1.165, 1.54) is 0 Å². The van der Waals surface area contributed by atoms with E-state index in [4.69, 9.17) is 45.1 Å². The number of hydrogen-bond acceptors (Lipinski definition) is 11. The van der Waals surface area contributed by atoms with Gasteiger partial charge in [-0.15, -0.1) is 0 Å². The number of ether oxygens (including phenoxy) is 3. The smallest absolute Gasteiger partial charge is 0.382 e. The van der Waals surface area contributed by atoms with Crippen molar-refractivity contribution in [3.05, 3.63) is 11.6 Å². The summed E-state index contributed by atoms with van der Waals surface area (Å²) in [5.41, 5.74) is 6.20. The first-order valence-electron chi connectivity index (χ1n) is 12.1. The van der Waals surface area contributed by atoms with Gasteiger partial charge in [-0.05, 0) is 53.1 Å². The lowest BCUT2D eigenvalue weighted by Crippen LogP contribution is -2.64. The highest BCUT2D eigenvalue weighted by atomic mass is 35.5. The third-order valence-electron chi connectivity index (χ3n) is 7.43. The van der Waals surface area contributed by atoms with Crippen LogP contribution in [-0.4, -0.2) is 69.0 Å². The Morgan fingerprint density at radius 3 is 2.58 bits per heavy atom. The molecule has 12 nitrogen and oxygen atoms in total. The van der Waals surface area contributed by atoms with Gasteiger partial charge in [0.05, 0.1) is 48.8 Å². The summed E-state index contributed by atoms with van der Waals surface area (Å²) in [5.74, 6) is -0.492. The van der Waals surface area contributed by atoms with E-state index in [0.717, 1.165) is 0 Å². The van der Waals surface area contributed by atoms with Crippen LogP contribution in [0.1, 0.15) is 41.5 Å². The van der Waals surface area contributed by atoms with E-state index in [-0.39, 0.29) is 41.9 Å². The Kier molecular flexibility index (Phi) is 5.42. The normalized spacial score (nSPS) is 36.2. The number of nitrogens with zero attached hydrogens (tertiary/aromatic N) is 4. The lowest BCUT2D eigenvalue weighted by molar-refractivity contribution is -0.358. The van der Waals surface area contributed by atoms with Crippen LogP contribution in [0.3, 0.4) is 0 Å². The van der Waals surface area contributed by atoms with Crippen LogP contribution < -0.4 is 5.73 Å². The quantitative estimate of drug-likeness (QED) is 0.387. The van der Waals surface area contributed by atoms with Crippen LogP contribution in [0, 0.1) is 11.3 Å². The fourth-order valence-corrected chi connectivity index (χ4v) is 7.93. The predicted octanol–water partition coefficient (Wildman–Crippen LogP) is 3.28. The molecule has 5 heterocycles. The minimum absolute atomic E-state index is 0.0237. The van der Waals surface area contributed by atoms with Gasteiger partial charge in [0.2, 0.25) is 5.28 Å². The molecule has 0 aromatic carbocycles. The summed E-state index contributed by atoms with van der Waals surface area (Å²) in [6, 6.07) is 0. The lowest BCUT2D eigenvalue weighted by atomic mass is 9.78. The number of anilines is 1. The monoisotopic (exact) mass is 543 g/mol. The topological polar surface area (TPSA) is 142 Å². The summed E-state index contributed by atoms with van der Waals surface area (Å²) < 4.78 is 51.2. The standard InChI is InChI=1S/C22H31ClN5O7P/c1-10(2)34-36(29,35-11(3)4)31-7-12-15-21(8-30-20(5,6)33-15)14-16(32-12)22(14,21)28-9-25-13-17(24)26-19(23)27-18(13)28/h9-12,14-16H,7-8H2,1-6H3,(H2,24,26,27)/t12-,14-,15?,16?,21?,22?/m1/s1. The average molecular weight is 544 g/mol. The Hall–Kier alpha value is -1.37. The van der Waals surface area contributed by atoms with Gasteiger partial charge in [0.1, 0.15) is 17.7 Å². The van der Waals surface area contributed by atoms with Gasteiger partial charge >= 0.3 is 7.82 Å². The Balaban J connectivity index is 1.31. The first-order chi connectivity index (χ1) is 16.8. The number of halogens is 1. The van der Waals surface area contributed by atoms with Crippen LogP contribution in [0.5, 0.6) is 0 Å². The van der Waals surface area contributed by atoms with Crippen molar-refractivity contribution in [3.8, 4) is 0 Å². The number of hydrogen-bond donors (Lipinski definition) is 1. The van der Waals surface area contributed by atoms with Crippen LogP contribution in [0.2, 0.25) is 5.28 Å². The van der Waals surface area contributed by atoms with Gasteiger partial charge in [-0.2, -0.15) is 9.97 Å². The van der Waals surface area contributed by atoms with Crippen molar-refractivity contribution < 1.29 is 32.3 Å².